The van der Waals surface area contributed by atoms with Crippen molar-refractivity contribution in [2.45, 2.75) is 26.3 Å². The lowest BCUT2D eigenvalue weighted by atomic mass is 10.1. The van der Waals surface area contributed by atoms with Crippen LogP contribution in [0.2, 0.25) is 0 Å². The molecule has 0 aliphatic rings. The van der Waals surface area contributed by atoms with Gasteiger partial charge >= 0.3 is 0 Å². The largest absolute Gasteiger partial charge is 0.382 e. The summed E-state index contributed by atoms with van der Waals surface area (Å²) in [6.07, 6.45) is 0.675. The summed E-state index contributed by atoms with van der Waals surface area (Å²) in [6.45, 7) is 3.91. The van der Waals surface area contributed by atoms with Crippen LogP contribution in [-0.4, -0.2) is 6.04 Å². The number of halogens is 3. The van der Waals surface area contributed by atoms with Crippen molar-refractivity contribution in [2.75, 3.05) is 5.32 Å². The Morgan fingerprint density at radius 2 is 1.95 bits per heavy atom. The van der Waals surface area contributed by atoms with Gasteiger partial charge in [-0.2, -0.15) is 0 Å². The number of hydrogen-bond acceptors (Lipinski definition) is 1. The highest BCUT2D eigenvalue weighted by atomic mass is 79.9. The minimum atomic E-state index is -0.295. The molecule has 0 spiro atoms. The zero-order valence-electron chi connectivity index (χ0n) is 11.4. The van der Waals surface area contributed by atoms with Crippen molar-refractivity contribution in [1.29, 1.82) is 0 Å². The van der Waals surface area contributed by atoms with Gasteiger partial charge in [-0.15, -0.1) is 0 Å². The molecule has 0 saturated heterocycles. The predicted molar refractivity (Wildman–Crippen MR) is 82.0 cm³/mol. The molecule has 0 aromatic heterocycles. The van der Waals surface area contributed by atoms with Crippen LogP contribution in [0.5, 0.6) is 0 Å². The Morgan fingerprint density at radius 1 is 1.20 bits per heavy atom. The molecule has 0 aliphatic heterocycles. The first-order chi connectivity index (χ1) is 9.45. The van der Waals surface area contributed by atoms with Crippen LogP contribution >= 0.6 is 15.9 Å². The highest BCUT2D eigenvalue weighted by Crippen LogP contribution is 2.24. The summed E-state index contributed by atoms with van der Waals surface area (Å²) in [5.41, 5.74) is 2.64. The Balaban J connectivity index is 2.08. The van der Waals surface area contributed by atoms with Crippen LogP contribution in [0.3, 0.4) is 0 Å². The van der Waals surface area contributed by atoms with E-state index in [1.807, 2.05) is 19.9 Å². The zero-order valence-corrected chi connectivity index (χ0v) is 13.0. The second-order valence-corrected chi connectivity index (χ2v) is 5.82. The van der Waals surface area contributed by atoms with E-state index in [-0.39, 0.29) is 17.7 Å². The van der Waals surface area contributed by atoms with E-state index in [0.717, 1.165) is 16.8 Å². The predicted octanol–water partition coefficient (Wildman–Crippen LogP) is 5.08. The van der Waals surface area contributed by atoms with Crippen molar-refractivity contribution in [3.63, 3.8) is 0 Å². The molecule has 2 aromatic carbocycles. The van der Waals surface area contributed by atoms with Gasteiger partial charge in [-0.05, 0) is 71.6 Å². The first-order valence-electron chi connectivity index (χ1n) is 6.42. The maximum atomic E-state index is 13.6. The van der Waals surface area contributed by atoms with Crippen LogP contribution in [0.15, 0.2) is 40.9 Å². The van der Waals surface area contributed by atoms with Gasteiger partial charge in [-0.3, -0.25) is 0 Å². The Morgan fingerprint density at radius 3 is 2.65 bits per heavy atom. The van der Waals surface area contributed by atoms with Crippen molar-refractivity contribution in [1.82, 2.24) is 0 Å². The number of hydrogen-bond donors (Lipinski definition) is 1. The molecule has 0 saturated carbocycles. The molecule has 2 rings (SSSR count). The summed E-state index contributed by atoms with van der Waals surface area (Å²) in [4.78, 5) is 0. The third-order valence-corrected chi connectivity index (χ3v) is 3.71. The summed E-state index contributed by atoms with van der Waals surface area (Å²) in [7, 11) is 0. The van der Waals surface area contributed by atoms with Gasteiger partial charge in [-0.1, -0.05) is 12.1 Å². The highest BCUT2D eigenvalue weighted by molar-refractivity contribution is 9.10. The number of nitrogens with one attached hydrogen (secondary N) is 1. The second kappa shape index (κ2) is 6.35. The Hall–Kier alpha value is -1.42. The molecular weight excluding hydrogens is 324 g/mol. The van der Waals surface area contributed by atoms with Crippen LogP contribution in [0.4, 0.5) is 14.5 Å². The van der Waals surface area contributed by atoms with Gasteiger partial charge in [0.25, 0.3) is 0 Å². The van der Waals surface area contributed by atoms with Gasteiger partial charge in [0.2, 0.25) is 0 Å². The molecule has 1 atom stereocenters. The number of benzene rings is 2. The van der Waals surface area contributed by atoms with E-state index in [9.17, 15) is 8.78 Å². The Labute approximate surface area is 126 Å². The first kappa shape index (κ1) is 15.0. The average Bonchev–Trinajstić information content (AvgIpc) is 2.36. The zero-order chi connectivity index (χ0) is 14.7. The van der Waals surface area contributed by atoms with Crippen LogP contribution in [-0.2, 0) is 6.42 Å². The fourth-order valence-electron chi connectivity index (χ4n) is 2.14. The first-order valence-corrected chi connectivity index (χ1v) is 7.21. The number of rotatable bonds is 4. The summed E-state index contributed by atoms with van der Waals surface area (Å²) < 4.78 is 27.1. The number of anilines is 1. The molecule has 1 nitrogen and oxygen atoms in total. The lowest BCUT2D eigenvalue weighted by Gasteiger charge is -2.17. The third-order valence-electron chi connectivity index (χ3n) is 3.10. The van der Waals surface area contributed by atoms with Gasteiger partial charge in [0.15, 0.2) is 0 Å². The number of aryl methyl sites for hydroxylation is 1. The van der Waals surface area contributed by atoms with Crippen molar-refractivity contribution in [3.8, 4) is 0 Å². The van der Waals surface area contributed by atoms with E-state index in [4.69, 9.17) is 0 Å². The van der Waals surface area contributed by atoms with E-state index in [0.29, 0.717) is 10.9 Å². The average molecular weight is 340 g/mol. The van der Waals surface area contributed by atoms with Crippen LogP contribution in [0, 0.1) is 18.6 Å². The van der Waals surface area contributed by atoms with Gasteiger partial charge in [0.1, 0.15) is 11.6 Å². The quantitative estimate of drug-likeness (QED) is 0.819. The molecular formula is C16H16BrF2N. The maximum Gasteiger partial charge on any atom is 0.139 e. The normalized spacial score (nSPS) is 12.2. The fraction of sp³-hybridized carbons (Fsp3) is 0.250. The van der Waals surface area contributed by atoms with Gasteiger partial charge < -0.3 is 5.32 Å². The molecule has 0 bridgehead atoms. The molecule has 20 heavy (non-hydrogen) atoms. The smallest absolute Gasteiger partial charge is 0.139 e. The van der Waals surface area contributed by atoms with Gasteiger partial charge in [0, 0.05) is 11.7 Å². The minimum absolute atomic E-state index is 0.0797. The fourth-order valence-corrected chi connectivity index (χ4v) is 2.59. The lowest BCUT2D eigenvalue weighted by Crippen LogP contribution is -2.19. The van der Waals surface area contributed by atoms with Crippen molar-refractivity contribution < 1.29 is 8.78 Å². The van der Waals surface area contributed by atoms with Crippen LogP contribution in [0.25, 0.3) is 0 Å². The van der Waals surface area contributed by atoms with Crippen molar-refractivity contribution in [3.05, 3.63) is 63.6 Å². The standard InChI is InChI=1S/C16H16BrF2N/c1-10-6-14(17)15(19)9-16(10)20-11(2)7-12-4-3-5-13(18)8-12/h3-6,8-9,11,20H,7H2,1-2H3. The Kier molecular flexibility index (Phi) is 4.76. The monoisotopic (exact) mass is 339 g/mol. The highest BCUT2D eigenvalue weighted by Gasteiger charge is 2.09. The third kappa shape index (κ3) is 3.79. The van der Waals surface area contributed by atoms with Crippen LogP contribution < -0.4 is 5.32 Å². The summed E-state index contributed by atoms with van der Waals surface area (Å²) in [5.74, 6) is -0.531. The summed E-state index contributed by atoms with van der Waals surface area (Å²) in [5, 5.41) is 3.26. The molecule has 1 N–H and O–H groups in total. The van der Waals surface area contributed by atoms with Crippen molar-refractivity contribution >= 4 is 21.6 Å². The van der Waals surface area contributed by atoms with E-state index in [2.05, 4.69) is 21.2 Å². The molecule has 1 unspecified atom stereocenters. The SMILES string of the molecule is Cc1cc(Br)c(F)cc1NC(C)Cc1cccc(F)c1. The van der Waals surface area contributed by atoms with E-state index in [1.54, 1.807) is 12.1 Å². The van der Waals surface area contributed by atoms with E-state index < -0.39 is 0 Å². The molecule has 2 aromatic rings. The molecule has 0 amide bonds. The van der Waals surface area contributed by atoms with Crippen molar-refractivity contribution in [2.24, 2.45) is 0 Å². The topological polar surface area (TPSA) is 12.0 Å². The van der Waals surface area contributed by atoms with Crippen LogP contribution in [0.1, 0.15) is 18.1 Å². The van der Waals surface area contributed by atoms with E-state index in [1.165, 1.54) is 18.2 Å². The van der Waals surface area contributed by atoms with Gasteiger partial charge in [-0.25, -0.2) is 8.78 Å². The second-order valence-electron chi connectivity index (χ2n) is 4.96. The molecule has 0 fully saturated rings. The summed E-state index contributed by atoms with van der Waals surface area (Å²) in [6, 6.07) is 9.83. The molecule has 4 heteroatoms. The minimum Gasteiger partial charge on any atom is -0.382 e. The molecule has 0 aliphatic carbocycles. The van der Waals surface area contributed by atoms with Gasteiger partial charge in [0.05, 0.1) is 4.47 Å². The summed E-state index contributed by atoms with van der Waals surface area (Å²) >= 11 is 3.16. The maximum absolute atomic E-state index is 13.6. The Bertz CT molecular complexity index is 613. The molecule has 106 valence electrons. The molecule has 0 heterocycles. The molecule has 0 radical (unpaired) electrons. The van der Waals surface area contributed by atoms with E-state index >= 15 is 0 Å². The lowest BCUT2D eigenvalue weighted by molar-refractivity contribution is 0.620.